The van der Waals surface area contributed by atoms with Crippen LogP contribution in [0, 0.1) is 0 Å². The molecule has 2 atom stereocenters. The first-order chi connectivity index (χ1) is 32.0. The number of carbonyl (C=O) groups excluding carboxylic acids is 2. The zero-order chi connectivity index (χ0) is 47.2. The van der Waals surface area contributed by atoms with E-state index in [1.54, 1.807) is 6.08 Å². The van der Waals surface area contributed by atoms with Crippen LogP contribution in [-0.4, -0.2) is 47.4 Å². The molecule has 65 heavy (non-hydrogen) atoms. The van der Waals surface area contributed by atoms with Crippen molar-refractivity contribution in [3.8, 4) is 0 Å². The summed E-state index contributed by atoms with van der Waals surface area (Å²) in [5.74, 6) is -0.0977. The number of rotatable bonds is 52. The van der Waals surface area contributed by atoms with Crippen molar-refractivity contribution in [3.63, 3.8) is 0 Å². The van der Waals surface area contributed by atoms with Crippen molar-refractivity contribution in [3.05, 3.63) is 48.6 Å². The first-order valence-corrected chi connectivity index (χ1v) is 28.4. The number of nitrogens with one attached hydrogen (secondary N) is 1. The summed E-state index contributed by atoms with van der Waals surface area (Å²) in [6.45, 7) is 4.85. The predicted molar refractivity (Wildman–Crippen MR) is 282 cm³/mol. The van der Waals surface area contributed by atoms with E-state index in [0.717, 1.165) is 64.2 Å². The summed E-state index contributed by atoms with van der Waals surface area (Å²) in [5.41, 5.74) is 0. The molecule has 0 aliphatic carbocycles. The first-order valence-electron chi connectivity index (χ1n) is 28.4. The maximum Gasteiger partial charge on any atom is 0.305 e. The van der Waals surface area contributed by atoms with Crippen LogP contribution in [0.25, 0.3) is 0 Å². The van der Waals surface area contributed by atoms with E-state index in [-0.39, 0.29) is 18.5 Å². The summed E-state index contributed by atoms with van der Waals surface area (Å²) in [6, 6.07) is -0.638. The van der Waals surface area contributed by atoms with Crippen LogP contribution in [0.1, 0.15) is 290 Å². The molecule has 2 unspecified atom stereocenters. The van der Waals surface area contributed by atoms with E-state index in [2.05, 4.69) is 55.6 Å². The molecule has 0 saturated carbocycles. The number of hydrogen-bond donors (Lipinski definition) is 3. The fraction of sp³-hybridized carbons (Fsp3) is 0.831. The highest BCUT2D eigenvalue weighted by atomic mass is 16.5. The lowest BCUT2D eigenvalue weighted by Gasteiger charge is -2.20. The van der Waals surface area contributed by atoms with E-state index in [9.17, 15) is 19.8 Å². The summed E-state index contributed by atoms with van der Waals surface area (Å²) in [4.78, 5) is 24.5. The molecule has 0 fully saturated rings. The number of aliphatic hydroxyl groups excluding tert-OH is 2. The van der Waals surface area contributed by atoms with Crippen LogP contribution < -0.4 is 5.32 Å². The van der Waals surface area contributed by atoms with Gasteiger partial charge in [0.1, 0.15) is 0 Å². The van der Waals surface area contributed by atoms with Gasteiger partial charge >= 0.3 is 5.97 Å². The quantitative estimate of drug-likeness (QED) is 0.0321. The van der Waals surface area contributed by atoms with Gasteiger partial charge < -0.3 is 20.3 Å². The van der Waals surface area contributed by atoms with Crippen LogP contribution in [-0.2, 0) is 14.3 Å². The van der Waals surface area contributed by atoms with Crippen molar-refractivity contribution in [1.82, 2.24) is 5.32 Å². The van der Waals surface area contributed by atoms with Gasteiger partial charge in [-0.25, -0.2) is 0 Å². The van der Waals surface area contributed by atoms with Crippen LogP contribution in [0.5, 0.6) is 0 Å². The Hall–Kier alpha value is -2.18. The van der Waals surface area contributed by atoms with Gasteiger partial charge in [0.15, 0.2) is 0 Å². The van der Waals surface area contributed by atoms with Crippen molar-refractivity contribution in [2.24, 2.45) is 0 Å². The first kappa shape index (κ1) is 62.8. The van der Waals surface area contributed by atoms with Crippen molar-refractivity contribution in [1.29, 1.82) is 0 Å². The molecule has 0 aromatic heterocycles. The zero-order valence-corrected chi connectivity index (χ0v) is 43.2. The maximum atomic E-state index is 12.5. The molecule has 6 nitrogen and oxygen atoms in total. The molecule has 0 rings (SSSR count). The van der Waals surface area contributed by atoms with E-state index >= 15 is 0 Å². The molecule has 3 N–H and O–H groups in total. The average Bonchev–Trinajstić information content (AvgIpc) is 3.31. The van der Waals surface area contributed by atoms with Gasteiger partial charge in [-0.1, -0.05) is 236 Å². The van der Waals surface area contributed by atoms with E-state index in [1.807, 2.05) is 6.08 Å². The van der Waals surface area contributed by atoms with Gasteiger partial charge in [0, 0.05) is 12.8 Å². The highest BCUT2D eigenvalue weighted by Gasteiger charge is 2.18. The Kier molecular flexibility index (Phi) is 52.6. The third-order valence-corrected chi connectivity index (χ3v) is 12.8. The fourth-order valence-corrected chi connectivity index (χ4v) is 8.42. The van der Waals surface area contributed by atoms with Crippen molar-refractivity contribution in [2.75, 3.05) is 13.2 Å². The van der Waals surface area contributed by atoms with Gasteiger partial charge in [-0.05, 0) is 89.9 Å². The number of unbranched alkanes of at least 4 members (excludes halogenated alkanes) is 35. The van der Waals surface area contributed by atoms with Crippen LogP contribution >= 0.6 is 0 Å². The smallest absolute Gasteiger partial charge is 0.305 e. The third kappa shape index (κ3) is 51.1. The van der Waals surface area contributed by atoms with Crippen molar-refractivity contribution >= 4 is 11.9 Å². The molecule has 0 bridgehead atoms. The zero-order valence-electron chi connectivity index (χ0n) is 43.2. The molecule has 6 heteroatoms. The van der Waals surface area contributed by atoms with Gasteiger partial charge in [-0.15, -0.1) is 0 Å². The van der Waals surface area contributed by atoms with Gasteiger partial charge in [0.25, 0.3) is 0 Å². The standard InChI is InChI=1S/C59H109NO5/c1-3-5-7-9-11-13-15-17-19-24-27-31-35-39-43-47-51-57(62)56(55-61)60-58(63)52-48-44-40-36-32-28-25-21-20-22-26-30-34-38-42-46-50-54-65-59(64)53-49-45-41-37-33-29-23-18-16-14-12-10-8-6-4-2/h12,14,18,20,22-23,47,51,56-57,61-62H,3-11,13,15-17,19,21,24-46,48-50,52-55H2,1-2H3,(H,60,63)/b14-12-,22-20-,23-18-,51-47+. The van der Waals surface area contributed by atoms with E-state index in [0.29, 0.717) is 19.4 Å². The van der Waals surface area contributed by atoms with Crippen LogP contribution in [0.4, 0.5) is 0 Å². The number of allylic oxidation sites excluding steroid dienone is 7. The van der Waals surface area contributed by atoms with Gasteiger partial charge in [-0.3, -0.25) is 9.59 Å². The van der Waals surface area contributed by atoms with Crippen LogP contribution in [0.2, 0.25) is 0 Å². The molecule has 0 spiro atoms. The molecule has 0 aromatic carbocycles. The molecule has 0 aliphatic rings. The van der Waals surface area contributed by atoms with E-state index in [1.165, 1.54) is 199 Å². The molecule has 0 aliphatic heterocycles. The number of hydrogen-bond acceptors (Lipinski definition) is 5. The maximum absolute atomic E-state index is 12.5. The topological polar surface area (TPSA) is 95.9 Å². The molecule has 0 heterocycles. The highest BCUT2D eigenvalue weighted by Crippen LogP contribution is 2.15. The summed E-state index contributed by atoms with van der Waals surface area (Å²) < 4.78 is 5.46. The average molecular weight is 913 g/mol. The minimum atomic E-state index is -0.853. The minimum Gasteiger partial charge on any atom is -0.466 e. The number of esters is 1. The minimum absolute atomic E-state index is 0.0173. The molecule has 1 amide bonds. The largest absolute Gasteiger partial charge is 0.466 e. The summed E-state index contributed by atoms with van der Waals surface area (Å²) in [7, 11) is 0. The summed E-state index contributed by atoms with van der Waals surface area (Å²) in [6.07, 6.45) is 68.3. The second kappa shape index (κ2) is 54.4. The van der Waals surface area contributed by atoms with Crippen molar-refractivity contribution in [2.45, 2.75) is 302 Å². The molecular weight excluding hydrogens is 803 g/mol. The van der Waals surface area contributed by atoms with Crippen LogP contribution in [0.3, 0.4) is 0 Å². The summed E-state index contributed by atoms with van der Waals surface area (Å²) >= 11 is 0. The molecule has 0 saturated heterocycles. The number of ether oxygens (including phenoxy) is 1. The number of amides is 1. The Morgan fingerprint density at radius 3 is 1.22 bits per heavy atom. The molecule has 0 radical (unpaired) electrons. The normalized spacial score (nSPS) is 13.0. The third-order valence-electron chi connectivity index (χ3n) is 12.8. The second-order valence-corrected chi connectivity index (χ2v) is 19.3. The number of aliphatic hydroxyl groups is 2. The van der Waals surface area contributed by atoms with Crippen LogP contribution in [0.15, 0.2) is 48.6 Å². The Bertz CT molecular complexity index is 1100. The lowest BCUT2D eigenvalue weighted by Crippen LogP contribution is -2.45. The van der Waals surface area contributed by atoms with Crippen molar-refractivity contribution < 1.29 is 24.5 Å². The molecular formula is C59H109NO5. The lowest BCUT2D eigenvalue weighted by molar-refractivity contribution is -0.143. The lowest BCUT2D eigenvalue weighted by atomic mass is 10.0. The van der Waals surface area contributed by atoms with E-state index < -0.39 is 12.1 Å². The van der Waals surface area contributed by atoms with E-state index in [4.69, 9.17) is 4.74 Å². The van der Waals surface area contributed by atoms with Gasteiger partial charge in [0.05, 0.1) is 25.4 Å². The summed E-state index contributed by atoms with van der Waals surface area (Å²) in [5, 5.41) is 23.1. The monoisotopic (exact) mass is 912 g/mol. The Morgan fingerprint density at radius 2 is 0.769 bits per heavy atom. The van der Waals surface area contributed by atoms with Gasteiger partial charge in [0.2, 0.25) is 5.91 Å². The molecule has 0 aromatic rings. The predicted octanol–water partition coefficient (Wildman–Crippen LogP) is 17.4. The fourth-order valence-electron chi connectivity index (χ4n) is 8.42. The Morgan fingerprint density at radius 1 is 0.431 bits per heavy atom. The SMILES string of the molecule is CCCCC/C=C\C/C=C\CCCCCCCC(=O)OCCCCCCCC/C=C\CCCCCCCCCC(=O)NC(CO)C(O)/C=C/CCCCCCCCCCCCCCCC. The molecule has 380 valence electrons. The number of carbonyl (C=O) groups is 2. The highest BCUT2D eigenvalue weighted by molar-refractivity contribution is 5.76. The Balaban J connectivity index is 3.50. The second-order valence-electron chi connectivity index (χ2n) is 19.3. The Labute approximate surface area is 404 Å². The van der Waals surface area contributed by atoms with Gasteiger partial charge in [-0.2, -0.15) is 0 Å².